The third-order valence-corrected chi connectivity index (χ3v) is 6.11. The van der Waals surface area contributed by atoms with Crippen molar-refractivity contribution in [3.63, 3.8) is 0 Å². The molecule has 0 atom stereocenters. The van der Waals surface area contributed by atoms with E-state index in [4.69, 9.17) is 27.9 Å². The summed E-state index contributed by atoms with van der Waals surface area (Å²) < 4.78 is 5.92. The first-order chi connectivity index (χ1) is 13.4. The number of ketones is 1. The maximum absolute atomic E-state index is 12.8. The normalized spacial score (nSPS) is 19.1. The molecule has 146 valence electrons. The standard InChI is InChI=1S/C22H21Cl2NO3/c1-13-7-9-25(10-8-13)12-16-19(26)6-5-14-21(27)20(28-22(14)16)11-15-17(23)3-2-4-18(15)24/h2-6,11,13,26H,7-10,12H2,1H3/b20-11-. The molecule has 1 fully saturated rings. The lowest BCUT2D eigenvalue weighted by atomic mass is 9.98. The first-order valence-electron chi connectivity index (χ1n) is 9.39. The topological polar surface area (TPSA) is 49.8 Å². The minimum Gasteiger partial charge on any atom is -0.507 e. The third-order valence-electron chi connectivity index (χ3n) is 5.45. The highest BCUT2D eigenvalue weighted by atomic mass is 35.5. The van der Waals surface area contributed by atoms with Crippen molar-refractivity contribution in [2.75, 3.05) is 13.1 Å². The number of likely N-dealkylation sites (tertiary alicyclic amines) is 1. The molecular weight excluding hydrogens is 397 g/mol. The van der Waals surface area contributed by atoms with E-state index in [2.05, 4.69) is 11.8 Å². The van der Waals surface area contributed by atoms with Crippen LogP contribution in [0.4, 0.5) is 0 Å². The number of nitrogens with zero attached hydrogens (tertiary/aromatic N) is 1. The van der Waals surface area contributed by atoms with Gasteiger partial charge in [0.15, 0.2) is 5.76 Å². The van der Waals surface area contributed by atoms with Crippen molar-refractivity contribution in [2.45, 2.75) is 26.3 Å². The van der Waals surface area contributed by atoms with E-state index in [9.17, 15) is 9.90 Å². The van der Waals surface area contributed by atoms with Gasteiger partial charge in [-0.25, -0.2) is 0 Å². The van der Waals surface area contributed by atoms with E-state index in [0.29, 0.717) is 39.0 Å². The fourth-order valence-corrected chi connectivity index (χ4v) is 4.18. The summed E-state index contributed by atoms with van der Waals surface area (Å²) in [4.78, 5) is 15.1. The summed E-state index contributed by atoms with van der Waals surface area (Å²) in [7, 11) is 0. The largest absolute Gasteiger partial charge is 0.507 e. The van der Waals surface area contributed by atoms with Crippen molar-refractivity contribution >= 4 is 35.1 Å². The molecule has 2 aromatic rings. The third kappa shape index (κ3) is 3.64. The van der Waals surface area contributed by atoms with Crippen LogP contribution < -0.4 is 4.74 Å². The Labute approximate surface area is 174 Å². The molecule has 2 aliphatic rings. The predicted octanol–water partition coefficient (Wildman–Crippen LogP) is 5.55. The molecule has 0 unspecified atom stereocenters. The van der Waals surface area contributed by atoms with Gasteiger partial charge in [-0.1, -0.05) is 36.2 Å². The van der Waals surface area contributed by atoms with Gasteiger partial charge >= 0.3 is 0 Å². The maximum atomic E-state index is 12.8. The van der Waals surface area contributed by atoms with Crippen LogP contribution in [0.5, 0.6) is 11.5 Å². The van der Waals surface area contributed by atoms with E-state index < -0.39 is 0 Å². The number of Topliss-reactive ketones (excluding diaryl/α,β-unsaturated/α-hetero) is 1. The molecule has 0 amide bonds. The summed E-state index contributed by atoms with van der Waals surface area (Å²) in [6.07, 6.45) is 3.83. The number of piperidine rings is 1. The Balaban J connectivity index is 1.66. The number of halogens is 2. The molecule has 0 bridgehead atoms. The first kappa shape index (κ1) is 19.3. The van der Waals surface area contributed by atoms with Crippen LogP contribution in [0.2, 0.25) is 10.0 Å². The Kier molecular flexibility index (Phi) is 5.37. The molecule has 0 aliphatic carbocycles. The highest BCUT2D eigenvalue weighted by Crippen LogP contribution is 2.41. The second kappa shape index (κ2) is 7.78. The van der Waals surface area contributed by atoms with E-state index in [1.807, 2.05) is 0 Å². The number of carbonyl (C=O) groups is 1. The number of allylic oxidation sites excluding steroid dienone is 1. The second-order valence-corrected chi connectivity index (χ2v) is 8.29. The Morgan fingerprint density at radius 1 is 1.18 bits per heavy atom. The molecular formula is C22H21Cl2NO3. The monoisotopic (exact) mass is 417 g/mol. The lowest BCUT2D eigenvalue weighted by Crippen LogP contribution is -2.32. The summed E-state index contributed by atoms with van der Waals surface area (Å²) >= 11 is 12.4. The molecule has 0 radical (unpaired) electrons. The van der Waals surface area contributed by atoms with E-state index >= 15 is 0 Å². The number of benzene rings is 2. The van der Waals surface area contributed by atoms with Crippen LogP contribution in [0.3, 0.4) is 0 Å². The Morgan fingerprint density at radius 3 is 2.54 bits per heavy atom. The molecule has 0 saturated carbocycles. The van der Waals surface area contributed by atoms with Crippen LogP contribution in [-0.4, -0.2) is 28.9 Å². The van der Waals surface area contributed by atoms with Gasteiger partial charge in [-0.2, -0.15) is 0 Å². The summed E-state index contributed by atoms with van der Waals surface area (Å²) in [5.41, 5.74) is 1.64. The number of fused-ring (bicyclic) bond motifs is 1. The molecule has 2 aromatic carbocycles. The van der Waals surface area contributed by atoms with Gasteiger partial charge in [-0.15, -0.1) is 0 Å². The number of phenols is 1. The molecule has 6 heteroatoms. The van der Waals surface area contributed by atoms with E-state index in [1.165, 1.54) is 0 Å². The van der Waals surface area contributed by atoms with Crippen molar-refractivity contribution in [1.82, 2.24) is 4.90 Å². The smallest absolute Gasteiger partial charge is 0.231 e. The number of hydrogen-bond acceptors (Lipinski definition) is 4. The van der Waals surface area contributed by atoms with Gasteiger partial charge in [0, 0.05) is 22.2 Å². The fourth-order valence-electron chi connectivity index (χ4n) is 3.67. The minimum atomic E-state index is -0.237. The van der Waals surface area contributed by atoms with Gasteiger partial charge < -0.3 is 9.84 Å². The maximum Gasteiger partial charge on any atom is 0.231 e. The molecule has 2 heterocycles. The number of rotatable bonds is 3. The molecule has 1 saturated heterocycles. The zero-order valence-corrected chi connectivity index (χ0v) is 17.1. The summed E-state index contributed by atoms with van der Waals surface area (Å²) in [5.74, 6) is 1.21. The summed E-state index contributed by atoms with van der Waals surface area (Å²) in [6.45, 7) is 4.75. The number of carbonyl (C=O) groups excluding carboxylic acids is 1. The van der Waals surface area contributed by atoms with Gasteiger partial charge in [0.1, 0.15) is 11.5 Å². The Bertz CT molecular complexity index is 942. The SMILES string of the molecule is CC1CCN(Cc2c(O)ccc3c2O/C(=C\c2c(Cl)cccc2Cl)C3=O)CC1. The van der Waals surface area contributed by atoms with Crippen LogP contribution in [-0.2, 0) is 6.54 Å². The number of ether oxygens (including phenoxy) is 1. The number of hydrogen-bond donors (Lipinski definition) is 1. The van der Waals surface area contributed by atoms with Crippen molar-refractivity contribution in [1.29, 1.82) is 0 Å². The number of aromatic hydroxyl groups is 1. The second-order valence-electron chi connectivity index (χ2n) is 7.47. The average Bonchev–Trinajstić information content (AvgIpc) is 2.98. The van der Waals surface area contributed by atoms with Gasteiger partial charge in [0.05, 0.1) is 11.1 Å². The quantitative estimate of drug-likeness (QED) is 0.665. The minimum absolute atomic E-state index is 0.141. The molecule has 4 rings (SSSR count). The molecule has 28 heavy (non-hydrogen) atoms. The first-order valence-corrected chi connectivity index (χ1v) is 10.1. The molecule has 1 N–H and O–H groups in total. The zero-order valence-electron chi connectivity index (χ0n) is 15.5. The lowest BCUT2D eigenvalue weighted by molar-refractivity contribution is 0.101. The van der Waals surface area contributed by atoms with Crippen LogP contribution in [0.15, 0.2) is 36.1 Å². The Hall–Kier alpha value is -2.01. The average molecular weight is 418 g/mol. The Morgan fingerprint density at radius 2 is 1.86 bits per heavy atom. The van der Waals surface area contributed by atoms with E-state index in [0.717, 1.165) is 31.8 Å². The molecule has 0 spiro atoms. The molecule has 4 nitrogen and oxygen atoms in total. The van der Waals surface area contributed by atoms with Gasteiger partial charge in [-0.3, -0.25) is 9.69 Å². The fraction of sp³-hybridized carbons (Fsp3) is 0.318. The van der Waals surface area contributed by atoms with Crippen LogP contribution >= 0.6 is 23.2 Å². The van der Waals surface area contributed by atoms with Crippen molar-refractivity contribution in [2.24, 2.45) is 5.92 Å². The van der Waals surface area contributed by atoms with Crippen LogP contribution in [0.25, 0.3) is 6.08 Å². The van der Waals surface area contributed by atoms with E-state index in [1.54, 1.807) is 36.4 Å². The highest BCUT2D eigenvalue weighted by Gasteiger charge is 2.32. The van der Waals surface area contributed by atoms with Crippen LogP contribution in [0.1, 0.15) is 41.3 Å². The van der Waals surface area contributed by atoms with Crippen molar-refractivity contribution in [3.05, 3.63) is 62.8 Å². The summed E-state index contributed by atoms with van der Waals surface area (Å²) in [6, 6.07) is 8.33. The predicted molar refractivity (Wildman–Crippen MR) is 111 cm³/mol. The van der Waals surface area contributed by atoms with Crippen LogP contribution in [0, 0.1) is 5.92 Å². The zero-order chi connectivity index (χ0) is 19.8. The van der Waals surface area contributed by atoms with E-state index in [-0.39, 0.29) is 17.3 Å². The van der Waals surface area contributed by atoms with Crippen molar-refractivity contribution in [3.8, 4) is 11.5 Å². The molecule has 0 aromatic heterocycles. The van der Waals surface area contributed by atoms with Gasteiger partial charge in [0.25, 0.3) is 0 Å². The van der Waals surface area contributed by atoms with Gasteiger partial charge in [0.2, 0.25) is 5.78 Å². The van der Waals surface area contributed by atoms with Gasteiger partial charge in [-0.05, 0) is 62.2 Å². The highest BCUT2D eigenvalue weighted by molar-refractivity contribution is 6.37. The van der Waals surface area contributed by atoms with Crippen molar-refractivity contribution < 1.29 is 14.6 Å². The number of phenolic OH excluding ortho intramolecular Hbond substituents is 1. The lowest BCUT2D eigenvalue weighted by Gasteiger charge is -2.30. The molecule has 2 aliphatic heterocycles. The summed E-state index contributed by atoms with van der Waals surface area (Å²) in [5, 5.41) is 11.3.